The molecule has 1 radical (unpaired) electrons. The molecule has 7 heavy (non-hydrogen) atoms. The van der Waals surface area contributed by atoms with Crippen molar-refractivity contribution in [3.8, 4) is 0 Å². The van der Waals surface area contributed by atoms with E-state index in [1.165, 1.54) is 6.42 Å². The predicted molar refractivity (Wildman–Crippen MR) is 27.9 cm³/mol. The molecule has 1 aliphatic carbocycles. The number of allylic oxidation sites excluding steroid dienone is 2. The van der Waals surface area contributed by atoms with Crippen LogP contribution in [0.3, 0.4) is 0 Å². The van der Waals surface area contributed by atoms with Crippen LogP contribution in [-0.4, -0.2) is 5.11 Å². The second kappa shape index (κ2) is 2.01. The van der Waals surface area contributed by atoms with Gasteiger partial charge in [-0.05, 0) is 25.3 Å². The van der Waals surface area contributed by atoms with Crippen molar-refractivity contribution in [3.63, 3.8) is 0 Å². The van der Waals surface area contributed by atoms with Gasteiger partial charge in [-0.3, -0.25) is 0 Å². The Bertz CT molecular complexity index is 84.2. The van der Waals surface area contributed by atoms with E-state index < -0.39 is 0 Å². The first-order valence-corrected chi connectivity index (χ1v) is 2.68. The van der Waals surface area contributed by atoms with Crippen LogP contribution < -0.4 is 0 Å². The monoisotopic (exact) mass is 97.1 g/mol. The van der Waals surface area contributed by atoms with Gasteiger partial charge in [0.05, 0.1) is 5.76 Å². The lowest BCUT2D eigenvalue weighted by Crippen LogP contribution is -1.89. The summed E-state index contributed by atoms with van der Waals surface area (Å²) in [5.41, 5.74) is 0. The maximum Gasteiger partial charge on any atom is 0.0958 e. The van der Waals surface area contributed by atoms with Gasteiger partial charge in [0.2, 0.25) is 0 Å². The highest BCUT2D eigenvalue weighted by molar-refractivity contribution is 4.87. The summed E-state index contributed by atoms with van der Waals surface area (Å²) in [7, 11) is 0. The summed E-state index contributed by atoms with van der Waals surface area (Å²) in [4.78, 5) is 0. The number of aliphatic hydroxyl groups excluding tert-OH is 1. The molecule has 0 saturated heterocycles. The number of aliphatic hydroxyl groups is 1. The van der Waals surface area contributed by atoms with Crippen LogP contribution in [0, 0.1) is 6.08 Å². The average Bonchev–Trinajstić information content (AvgIpc) is 1.69. The van der Waals surface area contributed by atoms with Crippen LogP contribution in [0.5, 0.6) is 0 Å². The Kier molecular flexibility index (Phi) is 1.35. The maximum absolute atomic E-state index is 8.71. The van der Waals surface area contributed by atoms with Gasteiger partial charge in [0.25, 0.3) is 0 Å². The van der Waals surface area contributed by atoms with Crippen molar-refractivity contribution in [3.05, 3.63) is 11.8 Å². The van der Waals surface area contributed by atoms with Crippen molar-refractivity contribution in [2.75, 3.05) is 0 Å². The van der Waals surface area contributed by atoms with Crippen LogP contribution in [0.4, 0.5) is 0 Å². The molecule has 0 aromatic carbocycles. The Labute approximate surface area is 43.7 Å². The number of hydrogen-bond donors (Lipinski definition) is 1. The molecule has 39 valence electrons. The second-order valence-electron chi connectivity index (χ2n) is 1.83. The molecule has 0 heterocycles. The highest BCUT2D eigenvalue weighted by atomic mass is 16.3. The molecule has 0 fully saturated rings. The Hall–Kier alpha value is -0.460. The minimum Gasteiger partial charge on any atom is -0.512 e. The molecule has 0 atom stereocenters. The van der Waals surface area contributed by atoms with Crippen LogP contribution in [0.25, 0.3) is 0 Å². The van der Waals surface area contributed by atoms with E-state index in [9.17, 15) is 0 Å². The van der Waals surface area contributed by atoms with E-state index in [2.05, 4.69) is 6.08 Å². The summed E-state index contributed by atoms with van der Waals surface area (Å²) in [5, 5.41) is 8.71. The Morgan fingerprint density at radius 3 is 2.57 bits per heavy atom. The summed E-state index contributed by atoms with van der Waals surface area (Å²) in [6, 6.07) is 0. The smallest absolute Gasteiger partial charge is 0.0958 e. The first-order valence-electron chi connectivity index (χ1n) is 2.68. The molecule has 0 bridgehead atoms. The third kappa shape index (κ3) is 1.22. The van der Waals surface area contributed by atoms with Gasteiger partial charge in [-0.15, -0.1) is 0 Å². The quantitative estimate of drug-likeness (QED) is 0.488. The molecular weight excluding hydrogens is 88.1 g/mol. The highest BCUT2D eigenvalue weighted by Crippen LogP contribution is 2.12. The average molecular weight is 97.1 g/mol. The largest absolute Gasteiger partial charge is 0.512 e. The minimum absolute atomic E-state index is 0.464. The fraction of sp³-hybridized carbons (Fsp3) is 0.667. The molecule has 0 aliphatic heterocycles. The third-order valence-electron chi connectivity index (χ3n) is 1.17. The second-order valence-corrected chi connectivity index (χ2v) is 1.83. The van der Waals surface area contributed by atoms with Crippen molar-refractivity contribution >= 4 is 0 Å². The number of rotatable bonds is 0. The van der Waals surface area contributed by atoms with Crippen LogP contribution in [0.15, 0.2) is 5.76 Å². The van der Waals surface area contributed by atoms with Crippen molar-refractivity contribution in [1.29, 1.82) is 0 Å². The summed E-state index contributed by atoms with van der Waals surface area (Å²) in [6.07, 6.45) is 6.99. The summed E-state index contributed by atoms with van der Waals surface area (Å²) in [6.45, 7) is 0. The predicted octanol–water partition coefficient (Wildman–Crippen LogP) is 1.81. The van der Waals surface area contributed by atoms with Crippen LogP contribution in [-0.2, 0) is 0 Å². The van der Waals surface area contributed by atoms with Crippen molar-refractivity contribution < 1.29 is 5.11 Å². The first kappa shape index (κ1) is 4.69. The zero-order chi connectivity index (χ0) is 5.11. The molecular formula is C6H9O. The van der Waals surface area contributed by atoms with Gasteiger partial charge in [-0.2, -0.15) is 0 Å². The minimum atomic E-state index is 0.464. The van der Waals surface area contributed by atoms with E-state index in [4.69, 9.17) is 5.11 Å². The van der Waals surface area contributed by atoms with Crippen LogP contribution >= 0.6 is 0 Å². The van der Waals surface area contributed by atoms with Gasteiger partial charge >= 0.3 is 0 Å². The van der Waals surface area contributed by atoms with Gasteiger partial charge in [-0.25, -0.2) is 0 Å². The molecule has 1 rings (SSSR count). The van der Waals surface area contributed by atoms with Crippen molar-refractivity contribution in [2.24, 2.45) is 0 Å². The van der Waals surface area contributed by atoms with Crippen molar-refractivity contribution in [2.45, 2.75) is 25.7 Å². The fourth-order valence-corrected chi connectivity index (χ4v) is 0.739. The standard InChI is InChI=1S/C6H9O/c7-6-4-2-1-3-5-6/h7H,1-4H2. The molecule has 1 nitrogen and oxygen atoms in total. The van der Waals surface area contributed by atoms with E-state index >= 15 is 0 Å². The third-order valence-corrected chi connectivity index (χ3v) is 1.17. The molecule has 0 aromatic heterocycles. The van der Waals surface area contributed by atoms with Crippen molar-refractivity contribution in [1.82, 2.24) is 0 Å². The van der Waals surface area contributed by atoms with Crippen LogP contribution in [0.2, 0.25) is 0 Å². The topological polar surface area (TPSA) is 20.2 Å². The Morgan fingerprint density at radius 1 is 1.43 bits per heavy atom. The van der Waals surface area contributed by atoms with E-state index in [1.807, 2.05) is 0 Å². The van der Waals surface area contributed by atoms with E-state index in [-0.39, 0.29) is 0 Å². The Balaban J connectivity index is 2.40. The molecule has 0 spiro atoms. The normalized spacial score (nSPS) is 21.4. The lowest BCUT2D eigenvalue weighted by molar-refractivity contribution is 0.363. The lowest BCUT2D eigenvalue weighted by Gasteiger charge is -2.03. The van der Waals surface area contributed by atoms with E-state index in [1.54, 1.807) is 0 Å². The Morgan fingerprint density at radius 2 is 2.29 bits per heavy atom. The molecule has 1 N–H and O–H groups in total. The van der Waals surface area contributed by atoms with Crippen LogP contribution in [0.1, 0.15) is 25.7 Å². The zero-order valence-electron chi connectivity index (χ0n) is 4.28. The maximum atomic E-state index is 8.71. The fourth-order valence-electron chi connectivity index (χ4n) is 0.739. The van der Waals surface area contributed by atoms with Gasteiger partial charge in [-0.1, -0.05) is 0 Å². The molecule has 0 aromatic rings. The molecule has 0 amide bonds. The SMILES string of the molecule is OC1=[C]CCCC1. The summed E-state index contributed by atoms with van der Waals surface area (Å²) >= 11 is 0. The molecule has 1 aliphatic rings. The highest BCUT2D eigenvalue weighted by Gasteiger charge is 1.98. The van der Waals surface area contributed by atoms with Gasteiger partial charge < -0.3 is 5.11 Å². The molecule has 0 unspecified atom stereocenters. The number of hydrogen-bond acceptors (Lipinski definition) is 1. The molecule has 0 saturated carbocycles. The van der Waals surface area contributed by atoms with E-state index in [0.29, 0.717) is 5.76 Å². The van der Waals surface area contributed by atoms with E-state index in [0.717, 1.165) is 19.3 Å². The van der Waals surface area contributed by atoms with Gasteiger partial charge in [0.15, 0.2) is 0 Å². The summed E-state index contributed by atoms with van der Waals surface area (Å²) < 4.78 is 0. The summed E-state index contributed by atoms with van der Waals surface area (Å²) in [5.74, 6) is 0.464. The molecule has 1 heteroatoms. The first-order chi connectivity index (χ1) is 3.39. The zero-order valence-corrected chi connectivity index (χ0v) is 4.28. The van der Waals surface area contributed by atoms with Gasteiger partial charge in [0.1, 0.15) is 0 Å². The lowest BCUT2D eigenvalue weighted by atomic mass is 10.1. The van der Waals surface area contributed by atoms with Gasteiger partial charge in [0, 0.05) is 6.42 Å².